The summed E-state index contributed by atoms with van der Waals surface area (Å²) in [5.74, 6) is -1.24. The normalized spacial score (nSPS) is 10.1. The maximum Gasteiger partial charge on any atom is 0.363 e. The van der Waals surface area contributed by atoms with Crippen molar-refractivity contribution in [1.29, 1.82) is 5.26 Å². The van der Waals surface area contributed by atoms with E-state index in [1.54, 1.807) is 0 Å². The summed E-state index contributed by atoms with van der Waals surface area (Å²) in [6.07, 6.45) is 1.54. The fourth-order valence-electron chi connectivity index (χ4n) is 2.47. The van der Waals surface area contributed by atoms with Gasteiger partial charge in [-0.3, -0.25) is 4.79 Å². The Kier molecular flexibility index (Phi) is 6.12. The molecule has 29 heavy (non-hydrogen) atoms. The van der Waals surface area contributed by atoms with Gasteiger partial charge < -0.3 is 14.8 Å². The molecular formula is C20H15ClN4O4. The van der Waals surface area contributed by atoms with Gasteiger partial charge in [0.05, 0.1) is 30.2 Å². The minimum Gasteiger partial charge on any atom is -0.493 e. The molecule has 1 N–H and O–H groups in total. The molecule has 0 radical (unpaired) electrons. The van der Waals surface area contributed by atoms with Crippen LogP contribution < -0.4 is 10.1 Å². The molecule has 0 fully saturated rings. The van der Waals surface area contributed by atoms with Crippen molar-refractivity contribution in [1.82, 2.24) is 9.78 Å². The molecule has 0 saturated carbocycles. The van der Waals surface area contributed by atoms with Crippen molar-refractivity contribution in [2.45, 2.75) is 0 Å². The molecule has 0 saturated heterocycles. The van der Waals surface area contributed by atoms with E-state index in [2.05, 4.69) is 10.4 Å². The van der Waals surface area contributed by atoms with Gasteiger partial charge in [-0.25, -0.2) is 9.48 Å². The summed E-state index contributed by atoms with van der Waals surface area (Å²) in [5.41, 5.74) is 1.13. The lowest BCUT2D eigenvalue weighted by Gasteiger charge is -2.08. The van der Waals surface area contributed by atoms with Crippen molar-refractivity contribution in [2.75, 3.05) is 19.0 Å². The predicted octanol–water partition coefficient (Wildman–Crippen LogP) is 3.20. The molecular weight excluding hydrogens is 396 g/mol. The van der Waals surface area contributed by atoms with E-state index in [0.717, 1.165) is 5.69 Å². The highest BCUT2D eigenvalue weighted by atomic mass is 35.5. The number of para-hydroxylation sites is 1. The van der Waals surface area contributed by atoms with E-state index in [1.807, 2.05) is 36.4 Å². The first-order valence-corrected chi connectivity index (χ1v) is 8.75. The number of hydrogen-bond acceptors (Lipinski definition) is 6. The number of benzene rings is 2. The number of nitrogens with one attached hydrogen (secondary N) is 1. The quantitative estimate of drug-likeness (QED) is 0.625. The third kappa shape index (κ3) is 4.72. The van der Waals surface area contributed by atoms with Crippen LogP contribution in [0.3, 0.4) is 0 Å². The highest BCUT2D eigenvalue weighted by molar-refractivity contribution is 6.31. The summed E-state index contributed by atoms with van der Waals surface area (Å²) in [4.78, 5) is 24.5. The molecule has 0 spiro atoms. The second-order valence-corrected chi connectivity index (χ2v) is 6.19. The van der Waals surface area contributed by atoms with Gasteiger partial charge in [-0.2, -0.15) is 10.4 Å². The largest absolute Gasteiger partial charge is 0.493 e. The molecule has 0 aliphatic heterocycles. The third-order valence-electron chi connectivity index (χ3n) is 3.83. The average molecular weight is 411 g/mol. The van der Waals surface area contributed by atoms with Crippen LogP contribution in [0.1, 0.15) is 16.1 Å². The number of rotatable bonds is 6. The second kappa shape index (κ2) is 8.91. The Morgan fingerprint density at radius 3 is 2.69 bits per heavy atom. The van der Waals surface area contributed by atoms with Gasteiger partial charge in [0.2, 0.25) is 5.69 Å². The summed E-state index contributed by atoms with van der Waals surface area (Å²) in [5, 5.41) is 16.1. The monoisotopic (exact) mass is 410 g/mol. The zero-order chi connectivity index (χ0) is 20.8. The first kappa shape index (κ1) is 19.9. The highest BCUT2D eigenvalue weighted by Gasteiger charge is 2.21. The summed E-state index contributed by atoms with van der Waals surface area (Å²) in [7, 11) is 1.40. The minimum atomic E-state index is -0.821. The zero-order valence-corrected chi connectivity index (χ0v) is 16.0. The molecule has 1 aromatic heterocycles. The molecule has 3 rings (SSSR count). The van der Waals surface area contributed by atoms with Gasteiger partial charge in [-0.1, -0.05) is 29.8 Å². The Bertz CT molecular complexity index is 1090. The molecule has 2 aromatic carbocycles. The van der Waals surface area contributed by atoms with Gasteiger partial charge in [0, 0.05) is 5.02 Å². The predicted molar refractivity (Wildman–Crippen MR) is 105 cm³/mol. The van der Waals surface area contributed by atoms with Gasteiger partial charge in [0.1, 0.15) is 6.07 Å². The van der Waals surface area contributed by atoms with E-state index in [4.69, 9.17) is 26.3 Å². The van der Waals surface area contributed by atoms with Gasteiger partial charge in [-0.15, -0.1) is 0 Å². The number of methoxy groups -OCH3 is 1. The van der Waals surface area contributed by atoms with Crippen molar-refractivity contribution >= 4 is 29.2 Å². The number of amides is 1. The maximum absolute atomic E-state index is 12.4. The maximum atomic E-state index is 12.4. The van der Waals surface area contributed by atoms with Crippen LogP contribution in [0.2, 0.25) is 5.02 Å². The van der Waals surface area contributed by atoms with Gasteiger partial charge in [-0.05, 0) is 30.3 Å². The first-order chi connectivity index (χ1) is 14.0. The SMILES string of the molecule is COc1cn(-c2ccccc2)nc1C(=O)OCC(=O)Nc1cc(Cl)ccc1C#N. The molecule has 0 bridgehead atoms. The van der Waals surface area contributed by atoms with Crippen LogP contribution in [0.5, 0.6) is 5.75 Å². The zero-order valence-electron chi connectivity index (χ0n) is 15.3. The topological polar surface area (TPSA) is 106 Å². The van der Waals surface area contributed by atoms with Crippen LogP contribution >= 0.6 is 11.6 Å². The Hall–Kier alpha value is -3.83. The van der Waals surface area contributed by atoms with Crippen molar-refractivity contribution in [3.63, 3.8) is 0 Å². The van der Waals surface area contributed by atoms with Gasteiger partial charge >= 0.3 is 5.97 Å². The molecule has 8 nitrogen and oxygen atoms in total. The minimum absolute atomic E-state index is 0.0652. The third-order valence-corrected chi connectivity index (χ3v) is 4.06. The number of nitrogens with zero attached hydrogens (tertiary/aromatic N) is 3. The Balaban J connectivity index is 1.68. The number of hydrogen-bond donors (Lipinski definition) is 1. The summed E-state index contributed by atoms with van der Waals surface area (Å²) < 4.78 is 11.7. The first-order valence-electron chi connectivity index (χ1n) is 8.37. The van der Waals surface area contributed by atoms with Crippen LogP contribution in [-0.2, 0) is 9.53 Å². The van der Waals surface area contributed by atoms with Crippen LogP contribution in [0.25, 0.3) is 5.69 Å². The number of carbonyl (C=O) groups excluding carboxylic acids is 2. The molecule has 0 aliphatic carbocycles. The van der Waals surface area contributed by atoms with Crippen LogP contribution in [0.15, 0.2) is 54.7 Å². The van der Waals surface area contributed by atoms with E-state index < -0.39 is 18.5 Å². The lowest BCUT2D eigenvalue weighted by atomic mass is 10.2. The second-order valence-electron chi connectivity index (χ2n) is 5.75. The number of ether oxygens (including phenoxy) is 2. The van der Waals surface area contributed by atoms with Crippen molar-refractivity contribution in [3.8, 4) is 17.5 Å². The summed E-state index contributed by atoms with van der Waals surface area (Å²) in [6, 6.07) is 15.5. The lowest BCUT2D eigenvalue weighted by molar-refractivity contribution is -0.119. The standard InChI is InChI=1S/C20H15ClN4O4/c1-28-17-11-25(15-5-3-2-4-6-15)24-19(17)20(27)29-12-18(26)23-16-9-14(21)8-7-13(16)10-22/h2-9,11H,12H2,1H3,(H,23,26). The molecule has 146 valence electrons. The van der Waals surface area contributed by atoms with E-state index >= 15 is 0 Å². The number of halogens is 1. The summed E-state index contributed by atoms with van der Waals surface area (Å²) >= 11 is 5.88. The molecule has 0 aliphatic rings. The van der Waals surface area contributed by atoms with E-state index in [9.17, 15) is 9.59 Å². The molecule has 0 atom stereocenters. The molecule has 9 heteroatoms. The van der Waals surface area contributed by atoms with Crippen molar-refractivity contribution in [2.24, 2.45) is 0 Å². The van der Waals surface area contributed by atoms with Crippen LogP contribution in [0.4, 0.5) is 5.69 Å². The van der Waals surface area contributed by atoms with Crippen molar-refractivity contribution < 1.29 is 19.1 Å². The Labute approximate surface area is 171 Å². The smallest absolute Gasteiger partial charge is 0.363 e. The number of anilines is 1. The fraction of sp³-hybridized carbons (Fsp3) is 0.100. The molecule has 1 heterocycles. The van der Waals surface area contributed by atoms with Crippen LogP contribution in [-0.4, -0.2) is 35.4 Å². The molecule has 0 unspecified atom stereocenters. The van der Waals surface area contributed by atoms with Crippen LogP contribution in [0, 0.1) is 11.3 Å². The van der Waals surface area contributed by atoms with E-state index in [1.165, 1.54) is 36.2 Å². The highest BCUT2D eigenvalue weighted by Crippen LogP contribution is 2.21. The average Bonchev–Trinajstić information content (AvgIpc) is 3.17. The Morgan fingerprint density at radius 1 is 1.24 bits per heavy atom. The number of aromatic nitrogens is 2. The number of esters is 1. The number of nitriles is 1. The molecule has 1 amide bonds. The van der Waals surface area contributed by atoms with E-state index in [0.29, 0.717) is 5.02 Å². The van der Waals surface area contributed by atoms with Gasteiger partial charge in [0.15, 0.2) is 12.4 Å². The van der Waals surface area contributed by atoms with E-state index in [-0.39, 0.29) is 22.7 Å². The van der Waals surface area contributed by atoms with Crippen molar-refractivity contribution in [3.05, 3.63) is 71.0 Å². The molecule has 3 aromatic rings. The summed E-state index contributed by atoms with van der Waals surface area (Å²) in [6.45, 7) is -0.572. The Morgan fingerprint density at radius 2 is 2.00 bits per heavy atom. The number of carbonyl (C=O) groups is 2. The van der Waals surface area contributed by atoms with Gasteiger partial charge in [0.25, 0.3) is 5.91 Å². The lowest BCUT2D eigenvalue weighted by Crippen LogP contribution is -2.22. The fourth-order valence-corrected chi connectivity index (χ4v) is 2.64.